The van der Waals surface area contributed by atoms with Gasteiger partial charge in [-0.2, -0.15) is 0 Å². The van der Waals surface area contributed by atoms with Crippen molar-refractivity contribution < 1.29 is 18.7 Å². The van der Waals surface area contributed by atoms with E-state index in [2.05, 4.69) is 0 Å². The second-order valence-corrected chi connectivity index (χ2v) is 5.55. The minimum Gasteiger partial charge on any atom is -0.459 e. The Labute approximate surface area is 123 Å². The highest BCUT2D eigenvalue weighted by molar-refractivity contribution is 5.93. The molecule has 21 heavy (non-hydrogen) atoms. The summed E-state index contributed by atoms with van der Waals surface area (Å²) in [5.41, 5.74) is 0.845. The molecule has 2 aliphatic rings. The van der Waals surface area contributed by atoms with Crippen LogP contribution in [0.2, 0.25) is 0 Å². The van der Waals surface area contributed by atoms with E-state index in [1.54, 1.807) is 15.9 Å². The number of hydrogen-bond donors (Lipinski definition) is 0. The van der Waals surface area contributed by atoms with E-state index in [9.17, 15) is 9.59 Å². The van der Waals surface area contributed by atoms with Gasteiger partial charge in [0.05, 0.1) is 6.26 Å². The van der Waals surface area contributed by atoms with Crippen molar-refractivity contribution in [2.75, 3.05) is 32.8 Å². The zero-order chi connectivity index (χ0) is 14.8. The summed E-state index contributed by atoms with van der Waals surface area (Å²) in [6.45, 7) is 4.73. The minimum atomic E-state index is -0.278. The van der Waals surface area contributed by atoms with Crippen LogP contribution in [0.15, 0.2) is 16.7 Å². The number of aryl methyl sites for hydroxylation is 1. The van der Waals surface area contributed by atoms with E-state index in [-0.39, 0.29) is 17.9 Å². The summed E-state index contributed by atoms with van der Waals surface area (Å²) in [6, 6.07) is 1.78. The van der Waals surface area contributed by atoms with E-state index in [1.165, 1.54) is 6.26 Å². The average molecular weight is 292 g/mol. The lowest BCUT2D eigenvalue weighted by molar-refractivity contribution is -0.142. The number of amides is 2. The van der Waals surface area contributed by atoms with E-state index >= 15 is 0 Å². The molecule has 0 radical (unpaired) electrons. The molecule has 1 unspecified atom stereocenters. The van der Waals surface area contributed by atoms with Crippen LogP contribution in [0, 0.1) is 6.92 Å². The molecule has 1 aromatic heterocycles. The highest BCUT2D eigenvalue weighted by Gasteiger charge is 2.32. The molecule has 6 nitrogen and oxygen atoms in total. The molecule has 1 aromatic rings. The van der Waals surface area contributed by atoms with Crippen molar-refractivity contribution in [3.63, 3.8) is 0 Å². The third-order valence-electron chi connectivity index (χ3n) is 4.14. The Balaban J connectivity index is 1.56. The van der Waals surface area contributed by atoms with E-state index in [1.807, 2.05) is 6.92 Å². The van der Waals surface area contributed by atoms with E-state index in [0.29, 0.717) is 38.5 Å². The number of piperazine rings is 1. The van der Waals surface area contributed by atoms with Gasteiger partial charge in [0.15, 0.2) is 5.76 Å². The van der Waals surface area contributed by atoms with E-state index < -0.39 is 0 Å². The predicted octanol–water partition coefficient (Wildman–Crippen LogP) is 1.05. The molecule has 0 aliphatic carbocycles. The molecular formula is C15H20N2O4. The Hall–Kier alpha value is -1.82. The fourth-order valence-corrected chi connectivity index (χ4v) is 2.84. The highest BCUT2D eigenvalue weighted by atomic mass is 16.5. The van der Waals surface area contributed by atoms with Crippen molar-refractivity contribution in [1.29, 1.82) is 0 Å². The second-order valence-electron chi connectivity index (χ2n) is 5.55. The Kier molecular flexibility index (Phi) is 3.96. The van der Waals surface area contributed by atoms with Gasteiger partial charge in [-0.05, 0) is 25.8 Å². The molecule has 3 heterocycles. The molecule has 0 bridgehead atoms. The fraction of sp³-hybridized carbons (Fsp3) is 0.600. The number of rotatable bonds is 2. The maximum atomic E-state index is 12.3. The maximum Gasteiger partial charge on any atom is 0.289 e. The van der Waals surface area contributed by atoms with Gasteiger partial charge in [-0.1, -0.05) is 0 Å². The number of carbonyl (C=O) groups excluding carboxylic acids is 2. The smallest absolute Gasteiger partial charge is 0.289 e. The number of carbonyl (C=O) groups is 2. The predicted molar refractivity (Wildman–Crippen MR) is 74.9 cm³/mol. The summed E-state index contributed by atoms with van der Waals surface area (Å²) < 4.78 is 10.7. The SMILES string of the molecule is Cc1ccoc1C(=O)N1CCN(C(=O)C2CCCO2)CC1. The first-order valence-corrected chi connectivity index (χ1v) is 7.40. The van der Waals surface area contributed by atoms with E-state index in [4.69, 9.17) is 9.15 Å². The van der Waals surface area contributed by atoms with Crippen LogP contribution in [0.5, 0.6) is 0 Å². The third kappa shape index (κ3) is 2.81. The number of hydrogen-bond acceptors (Lipinski definition) is 4. The van der Waals surface area contributed by atoms with Crippen molar-refractivity contribution in [2.45, 2.75) is 25.9 Å². The van der Waals surface area contributed by atoms with Crippen LogP contribution in [0.1, 0.15) is 29.0 Å². The molecule has 2 fully saturated rings. The molecular weight excluding hydrogens is 272 g/mol. The van der Waals surface area contributed by atoms with Gasteiger partial charge in [0, 0.05) is 38.3 Å². The largest absolute Gasteiger partial charge is 0.459 e. The molecule has 114 valence electrons. The average Bonchev–Trinajstić information content (AvgIpc) is 3.17. The van der Waals surface area contributed by atoms with Crippen LogP contribution < -0.4 is 0 Å². The van der Waals surface area contributed by atoms with Crippen molar-refractivity contribution in [3.05, 3.63) is 23.7 Å². The zero-order valence-corrected chi connectivity index (χ0v) is 12.2. The summed E-state index contributed by atoms with van der Waals surface area (Å²) in [7, 11) is 0. The summed E-state index contributed by atoms with van der Waals surface area (Å²) in [5.74, 6) is 0.365. The van der Waals surface area contributed by atoms with Crippen molar-refractivity contribution in [3.8, 4) is 0 Å². The molecule has 2 saturated heterocycles. The lowest BCUT2D eigenvalue weighted by atomic mass is 10.2. The Morgan fingerprint density at radius 3 is 2.48 bits per heavy atom. The second kappa shape index (κ2) is 5.89. The molecule has 6 heteroatoms. The first-order chi connectivity index (χ1) is 10.2. The van der Waals surface area contributed by atoms with Gasteiger partial charge >= 0.3 is 0 Å². The Morgan fingerprint density at radius 1 is 1.19 bits per heavy atom. The lowest BCUT2D eigenvalue weighted by Crippen LogP contribution is -2.52. The van der Waals surface area contributed by atoms with Crippen LogP contribution >= 0.6 is 0 Å². The minimum absolute atomic E-state index is 0.0637. The normalized spacial score (nSPS) is 22.6. The van der Waals surface area contributed by atoms with E-state index in [0.717, 1.165) is 18.4 Å². The van der Waals surface area contributed by atoms with Gasteiger partial charge in [-0.15, -0.1) is 0 Å². The molecule has 0 aromatic carbocycles. The molecule has 0 N–H and O–H groups in total. The number of furan rings is 1. The van der Waals surface area contributed by atoms with Gasteiger partial charge < -0.3 is 19.0 Å². The fourth-order valence-electron chi connectivity index (χ4n) is 2.84. The van der Waals surface area contributed by atoms with Gasteiger partial charge in [0.1, 0.15) is 6.10 Å². The summed E-state index contributed by atoms with van der Waals surface area (Å²) in [6.07, 6.45) is 3.01. The summed E-state index contributed by atoms with van der Waals surface area (Å²) >= 11 is 0. The van der Waals surface area contributed by atoms with Gasteiger partial charge in [-0.25, -0.2) is 0 Å². The number of nitrogens with zero attached hydrogens (tertiary/aromatic N) is 2. The standard InChI is InChI=1S/C15H20N2O4/c1-11-4-10-21-13(11)15(19)17-7-5-16(6-8-17)14(18)12-3-2-9-20-12/h4,10,12H,2-3,5-9H2,1H3. The Morgan fingerprint density at radius 2 is 1.90 bits per heavy atom. The Bertz CT molecular complexity index is 526. The maximum absolute atomic E-state index is 12.3. The van der Waals surface area contributed by atoms with Gasteiger partial charge in [-0.3, -0.25) is 9.59 Å². The number of ether oxygens (including phenoxy) is 1. The topological polar surface area (TPSA) is 63.0 Å². The molecule has 1 atom stereocenters. The van der Waals surface area contributed by atoms with Crippen LogP contribution in [0.4, 0.5) is 0 Å². The van der Waals surface area contributed by atoms with Crippen molar-refractivity contribution in [1.82, 2.24) is 9.80 Å². The molecule has 3 rings (SSSR count). The summed E-state index contributed by atoms with van der Waals surface area (Å²) in [4.78, 5) is 28.1. The van der Waals surface area contributed by atoms with Crippen molar-refractivity contribution in [2.24, 2.45) is 0 Å². The molecule has 2 amide bonds. The quantitative estimate of drug-likeness (QED) is 0.817. The van der Waals surface area contributed by atoms with Gasteiger partial charge in [0.2, 0.25) is 0 Å². The highest BCUT2D eigenvalue weighted by Crippen LogP contribution is 2.17. The van der Waals surface area contributed by atoms with Crippen LogP contribution in [0.25, 0.3) is 0 Å². The van der Waals surface area contributed by atoms with Crippen LogP contribution in [0.3, 0.4) is 0 Å². The van der Waals surface area contributed by atoms with Gasteiger partial charge in [0.25, 0.3) is 11.8 Å². The third-order valence-corrected chi connectivity index (χ3v) is 4.14. The summed E-state index contributed by atoms with van der Waals surface area (Å²) in [5, 5.41) is 0. The molecule has 0 saturated carbocycles. The van der Waals surface area contributed by atoms with Crippen LogP contribution in [-0.4, -0.2) is 60.5 Å². The molecule has 2 aliphatic heterocycles. The first kappa shape index (κ1) is 14.1. The monoisotopic (exact) mass is 292 g/mol. The zero-order valence-electron chi connectivity index (χ0n) is 12.2. The van der Waals surface area contributed by atoms with Crippen LogP contribution in [-0.2, 0) is 9.53 Å². The first-order valence-electron chi connectivity index (χ1n) is 7.40. The van der Waals surface area contributed by atoms with Crippen molar-refractivity contribution >= 4 is 11.8 Å². The lowest BCUT2D eigenvalue weighted by Gasteiger charge is -2.35. The molecule has 0 spiro atoms.